The van der Waals surface area contributed by atoms with Gasteiger partial charge < -0.3 is 0 Å². The molecule has 0 aromatic carbocycles. The molecule has 1 aromatic heterocycles. The normalized spacial score (nSPS) is 33.6. The summed E-state index contributed by atoms with van der Waals surface area (Å²) in [7, 11) is 0. The van der Waals surface area contributed by atoms with Crippen LogP contribution in [0.25, 0.3) is 0 Å². The van der Waals surface area contributed by atoms with Crippen LogP contribution in [0.2, 0.25) is 0 Å². The maximum absolute atomic E-state index is 11.7. The SMILES string of the molecule is CC[C@H]1Cc2ncc(C(=O)NO)cc2CN1CC12CC1CCN2C1CC1. The fourth-order valence-corrected chi connectivity index (χ4v) is 5.51. The molecule has 4 aliphatic rings. The predicted molar refractivity (Wildman–Crippen MR) is 96.9 cm³/mol. The van der Waals surface area contributed by atoms with E-state index in [1.165, 1.54) is 32.2 Å². The average Bonchev–Trinajstić information content (AvgIpc) is 3.59. The number of hydrogen-bond donors (Lipinski definition) is 2. The van der Waals surface area contributed by atoms with Gasteiger partial charge in [-0.05, 0) is 56.2 Å². The minimum atomic E-state index is -0.485. The molecule has 1 aromatic rings. The third-order valence-corrected chi connectivity index (χ3v) is 7.17. The number of nitrogens with one attached hydrogen (secondary N) is 1. The van der Waals surface area contributed by atoms with Crippen molar-refractivity contribution in [3.05, 3.63) is 29.1 Å². The maximum atomic E-state index is 11.7. The van der Waals surface area contributed by atoms with Crippen molar-refractivity contribution in [2.24, 2.45) is 5.92 Å². The van der Waals surface area contributed by atoms with E-state index in [1.807, 2.05) is 6.07 Å². The highest BCUT2D eigenvalue weighted by Gasteiger charge is 2.64. The summed E-state index contributed by atoms with van der Waals surface area (Å²) in [4.78, 5) is 21.7. The first-order chi connectivity index (χ1) is 12.6. The van der Waals surface area contributed by atoms with Crippen LogP contribution in [-0.2, 0) is 13.0 Å². The Morgan fingerprint density at radius 1 is 1.42 bits per heavy atom. The number of nitrogens with zero attached hydrogens (tertiary/aromatic N) is 3. The summed E-state index contributed by atoms with van der Waals surface area (Å²) in [5.41, 5.74) is 4.83. The molecule has 6 nitrogen and oxygen atoms in total. The Morgan fingerprint density at radius 2 is 2.27 bits per heavy atom. The van der Waals surface area contributed by atoms with Gasteiger partial charge in [-0.1, -0.05) is 6.92 Å². The van der Waals surface area contributed by atoms with Crippen molar-refractivity contribution in [3.63, 3.8) is 0 Å². The zero-order valence-corrected chi connectivity index (χ0v) is 15.4. The Labute approximate surface area is 154 Å². The first-order valence-corrected chi connectivity index (χ1v) is 10.1. The van der Waals surface area contributed by atoms with E-state index in [9.17, 15) is 4.79 Å². The summed E-state index contributed by atoms with van der Waals surface area (Å²) in [5.74, 6) is 0.410. The van der Waals surface area contributed by atoms with Crippen LogP contribution >= 0.6 is 0 Å². The molecule has 5 rings (SSSR count). The quantitative estimate of drug-likeness (QED) is 0.624. The average molecular weight is 356 g/mol. The van der Waals surface area contributed by atoms with Gasteiger partial charge in [-0.25, -0.2) is 5.48 Å². The summed E-state index contributed by atoms with van der Waals surface area (Å²) in [6.45, 7) is 5.58. The van der Waals surface area contributed by atoms with Crippen molar-refractivity contribution in [3.8, 4) is 0 Å². The van der Waals surface area contributed by atoms with Crippen LogP contribution in [0.3, 0.4) is 0 Å². The maximum Gasteiger partial charge on any atom is 0.276 e. The van der Waals surface area contributed by atoms with E-state index in [0.29, 0.717) is 17.1 Å². The van der Waals surface area contributed by atoms with E-state index < -0.39 is 5.91 Å². The number of carbonyl (C=O) groups excluding carboxylic acids is 1. The highest BCUT2D eigenvalue weighted by atomic mass is 16.5. The third kappa shape index (κ3) is 2.58. The molecule has 2 unspecified atom stereocenters. The number of carbonyl (C=O) groups is 1. The summed E-state index contributed by atoms with van der Waals surface area (Å²) in [6, 6.07) is 3.29. The van der Waals surface area contributed by atoms with Gasteiger partial charge in [-0.15, -0.1) is 0 Å². The smallest absolute Gasteiger partial charge is 0.276 e. The standard InChI is InChI=1S/C20H28N4O2/c1-2-16-8-18-14(7-13(10-21-18)19(25)22-26)11-23(16)12-20-9-15(20)5-6-24(20)17-3-4-17/h7,10,15-17,26H,2-6,8-9,11-12H2,1H3,(H,22,25)/t15?,16-,20?/m0/s1. The molecular weight excluding hydrogens is 328 g/mol. The van der Waals surface area contributed by atoms with Crippen molar-refractivity contribution in [1.82, 2.24) is 20.3 Å². The monoisotopic (exact) mass is 356 g/mol. The van der Waals surface area contributed by atoms with Crippen molar-refractivity contribution in [2.75, 3.05) is 13.1 Å². The minimum absolute atomic E-state index is 0.430. The van der Waals surface area contributed by atoms with Crippen LogP contribution in [0.5, 0.6) is 0 Å². The van der Waals surface area contributed by atoms with Crippen LogP contribution in [0, 0.1) is 5.92 Å². The van der Waals surface area contributed by atoms with Crippen LogP contribution in [0.15, 0.2) is 12.3 Å². The Bertz CT molecular complexity index is 735. The first-order valence-electron chi connectivity index (χ1n) is 10.1. The number of fused-ring (bicyclic) bond motifs is 2. The molecule has 3 heterocycles. The Hall–Kier alpha value is -1.50. The molecule has 3 fully saturated rings. The van der Waals surface area contributed by atoms with Gasteiger partial charge in [0.05, 0.1) is 5.56 Å². The van der Waals surface area contributed by atoms with Crippen molar-refractivity contribution in [2.45, 2.75) is 69.6 Å². The number of piperidine rings is 1. The van der Waals surface area contributed by atoms with Gasteiger partial charge in [-0.2, -0.15) is 0 Å². The molecule has 2 aliphatic carbocycles. The van der Waals surface area contributed by atoms with E-state index in [0.717, 1.165) is 49.1 Å². The second-order valence-electron chi connectivity index (χ2n) is 8.66. The Morgan fingerprint density at radius 3 is 2.96 bits per heavy atom. The van der Waals surface area contributed by atoms with Gasteiger partial charge in [0.15, 0.2) is 0 Å². The van der Waals surface area contributed by atoms with Crippen molar-refractivity contribution >= 4 is 5.91 Å². The van der Waals surface area contributed by atoms with Crippen LogP contribution in [-0.4, -0.2) is 56.6 Å². The molecule has 3 atom stereocenters. The zero-order valence-electron chi connectivity index (χ0n) is 15.4. The van der Waals surface area contributed by atoms with E-state index in [2.05, 4.69) is 21.7 Å². The van der Waals surface area contributed by atoms with E-state index in [1.54, 1.807) is 11.7 Å². The summed E-state index contributed by atoms with van der Waals surface area (Å²) >= 11 is 0. The fraction of sp³-hybridized carbons (Fsp3) is 0.700. The summed E-state index contributed by atoms with van der Waals surface area (Å²) in [6.07, 6.45) is 9.18. The molecular formula is C20H28N4O2. The topological polar surface area (TPSA) is 68.7 Å². The number of hydrogen-bond acceptors (Lipinski definition) is 5. The first kappa shape index (κ1) is 16.7. The molecule has 2 saturated carbocycles. The molecule has 1 saturated heterocycles. The number of aromatic nitrogens is 1. The second-order valence-corrected chi connectivity index (χ2v) is 8.66. The largest absolute Gasteiger partial charge is 0.294 e. The lowest BCUT2D eigenvalue weighted by Gasteiger charge is -2.40. The van der Waals surface area contributed by atoms with Crippen LogP contribution in [0.1, 0.15) is 60.6 Å². The molecule has 140 valence electrons. The van der Waals surface area contributed by atoms with Crippen molar-refractivity contribution in [1.29, 1.82) is 0 Å². The van der Waals surface area contributed by atoms with Crippen molar-refractivity contribution < 1.29 is 10.0 Å². The molecule has 0 radical (unpaired) electrons. The zero-order chi connectivity index (χ0) is 17.9. The lowest BCUT2D eigenvalue weighted by atomic mass is 9.94. The summed E-state index contributed by atoms with van der Waals surface area (Å²) < 4.78 is 0. The molecule has 0 spiro atoms. The highest BCUT2D eigenvalue weighted by molar-refractivity contribution is 5.93. The molecule has 0 bridgehead atoms. The highest BCUT2D eigenvalue weighted by Crippen LogP contribution is 2.59. The molecule has 26 heavy (non-hydrogen) atoms. The van der Waals surface area contributed by atoms with Gasteiger partial charge >= 0.3 is 0 Å². The Balaban J connectivity index is 1.38. The van der Waals surface area contributed by atoms with Gasteiger partial charge in [0.1, 0.15) is 0 Å². The van der Waals surface area contributed by atoms with Gasteiger partial charge in [0, 0.05) is 49.0 Å². The number of pyridine rings is 1. The third-order valence-electron chi connectivity index (χ3n) is 7.17. The Kier molecular flexibility index (Phi) is 3.85. The predicted octanol–water partition coefficient (Wildman–Crippen LogP) is 1.96. The number of rotatable bonds is 5. The van der Waals surface area contributed by atoms with Crippen LogP contribution < -0.4 is 5.48 Å². The van der Waals surface area contributed by atoms with E-state index in [-0.39, 0.29) is 0 Å². The van der Waals surface area contributed by atoms with E-state index in [4.69, 9.17) is 5.21 Å². The molecule has 2 aliphatic heterocycles. The fourth-order valence-electron chi connectivity index (χ4n) is 5.51. The van der Waals surface area contributed by atoms with Gasteiger partial charge in [-0.3, -0.25) is 24.8 Å². The number of likely N-dealkylation sites (tertiary alicyclic amines) is 1. The lowest BCUT2D eigenvalue weighted by molar-refractivity contribution is 0.0704. The van der Waals surface area contributed by atoms with Gasteiger partial charge in [0.2, 0.25) is 0 Å². The summed E-state index contributed by atoms with van der Waals surface area (Å²) in [5, 5.41) is 8.90. The second kappa shape index (κ2) is 6.01. The number of hydroxylamine groups is 1. The van der Waals surface area contributed by atoms with Crippen LogP contribution in [0.4, 0.5) is 0 Å². The lowest BCUT2D eigenvalue weighted by Crippen LogP contribution is -2.50. The molecule has 2 N–H and O–H groups in total. The molecule has 1 amide bonds. The number of amides is 1. The molecule has 6 heteroatoms. The van der Waals surface area contributed by atoms with Gasteiger partial charge in [0.25, 0.3) is 5.91 Å². The van der Waals surface area contributed by atoms with E-state index >= 15 is 0 Å². The minimum Gasteiger partial charge on any atom is -0.294 e.